The summed E-state index contributed by atoms with van der Waals surface area (Å²) in [5, 5.41) is 1.09. The molecule has 2 rings (SSSR count). The van der Waals surface area contributed by atoms with Gasteiger partial charge < -0.3 is 4.74 Å². The number of carbonyl (C=O) groups excluding carboxylic acids is 1. The molecule has 2 aromatic rings. The minimum absolute atomic E-state index is 0.255. The van der Waals surface area contributed by atoms with Gasteiger partial charge in [-0.2, -0.15) is 0 Å². The summed E-state index contributed by atoms with van der Waals surface area (Å²) in [7, 11) is 0. The molecule has 1 aromatic carbocycles. The number of nitrogens with zero attached hydrogens (tertiary/aromatic N) is 1. The van der Waals surface area contributed by atoms with Crippen LogP contribution in [0.5, 0.6) is 0 Å². The number of hydrogen-bond acceptors (Lipinski definition) is 3. The van der Waals surface area contributed by atoms with E-state index in [9.17, 15) is 4.79 Å². The summed E-state index contributed by atoms with van der Waals surface area (Å²) < 4.78 is 4.87. The second-order valence-corrected chi connectivity index (χ2v) is 3.51. The molecule has 3 nitrogen and oxygen atoms in total. The highest BCUT2D eigenvalue weighted by Gasteiger charge is 1.99. The van der Waals surface area contributed by atoms with Gasteiger partial charge in [0.25, 0.3) is 0 Å². The summed E-state index contributed by atoms with van der Waals surface area (Å²) in [5.74, 6) is -0.255. The van der Waals surface area contributed by atoms with Gasteiger partial charge in [-0.05, 0) is 18.2 Å². The highest BCUT2D eigenvalue weighted by Crippen LogP contribution is 2.11. The van der Waals surface area contributed by atoms with Gasteiger partial charge in [-0.3, -0.25) is 9.78 Å². The summed E-state index contributed by atoms with van der Waals surface area (Å²) in [6.45, 7) is 1.78. The van der Waals surface area contributed by atoms with Crippen LogP contribution in [0.2, 0.25) is 0 Å². The molecule has 0 atom stereocenters. The van der Waals surface area contributed by atoms with Crippen LogP contribution in [-0.4, -0.2) is 17.6 Å². The lowest BCUT2D eigenvalue weighted by molar-refractivity contribution is -0.140. The van der Waals surface area contributed by atoms with Crippen molar-refractivity contribution < 1.29 is 9.53 Å². The van der Waals surface area contributed by atoms with Gasteiger partial charge in [0.2, 0.25) is 0 Å². The van der Waals surface area contributed by atoms with Crippen LogP contribution < -0.4 is 0 Å². The molecule has 0 unspecified atom stereocenters. The molecular weight excluding hydrogens is 202 g/mol. The second kappa shape index (κ2) is 4.75. The first-order chi connectivity index (χ1) is 7.75. The lowest BCUT2D eigenvalue weighted by Crippen LogP contribution is -2.04. The van der Waals surface area contributed by atoms with Gasteiger partial charge in [0.05, 0.1) is 12.1 Å². The Kier molecular flexibility index (Phi) is 3.15. The van der Waals surface area contributed by atoms with Crippen molar-refractivity contribution in [1.29, 1.82) is 0 Å². The predicted octanol–water partition coefficient (Wildman–Crippen LogP) is 2.14. The maximum atomic E-state index is 10.6. The van der Waals surface area contributed by atoms with Crippen molar-refractivity contribution in [2.45, 2.75) is 13.3 Å². The zero-order valence-electron chi connectivity index (χ0n) is 9.06. The van der Waals surface area contributed by atoms with E-state index in [1.165, 1.54) is 6.92 Å². The standard InChI is InChI=1S/C13H12NO2/c1-10(15)16-9-8-12-7-6-11-4-2-3-5-13(11)14-12/h2,4-7H,8-9H2,1H3. The molecule has 1 radical (unpaired) electrons. The molecule has 1 aromatic heterocycles. The van der Waals surface area contributed by atoms with Crippen molar-refractivity contribution in [2.75, 3.05) is 6.61 Å². The number of hydrogen-bond donors (Lipinski definition) is 0. The summed E-state index contributed by atoms with van der Waals surface area (Å²) >= 11 is 0. The van der Waals surface area contributed by atoms with Crippen LogP contribution in [0.15, 0.2) is 30.3 Å². The summed E-state index contributed by atoms with van der Waals surface area (Å²) in [6.07, 6.45) is 0.643. The fourth-order valence-electron chi connectivity index (χ4n) is 1.49. The molecule has 0 bridgehead atoms. The number of aromatic nitrogens is 1. The third-order valence-corrected chi connectivity index (χ3v) is 2.26. The van der Waals surface area contributed by atoms with Crippen molar-refractivity contribution in [3.8, 4) is 0 Å². The molecular formula is C13H12NO2. The monoisotopic (exact) mass is 214 g/mol. The largest absolute Gasteiger partial charge is 0.465 e. The van der Waals surface area contributed by atoms with Crippen LogP contribution in [0.25, 0.3) is 10.9 Å². The number of benzene rings is 1. The van der Waals surface area contributed by atoms with Crippen molar-refractivity contribution in [1.82, 2.24) is 4.98 Å². The number of carbonyl (C=O) groups is 1. The Hall–Kier alpha value is -1.90. The van der Waals surface area contributed by atoms with Crippen molar-refractivity contribution in [3.63, 3.8) is 0 Å². The second-order valence-electron chi connectivity index (χ2n) is 3.51. The third-order valence-electron chi connectivity index (χ3n) is 2.26. The zero-order chi connectivity index (χ0) is 11.4. The predicted molar refractivity (Wildman–Crippen MR) is 60.9 cm³/mol. The van der Waals surface area contributed by atoms with E-state index in [1.54, 1.807) is 0 Å². The molecule has 3 heteroatoms. The Morgan fingerprint density at radius 3 is 3.12 bits per heavy atom. The first kappa shape index (κ1) is 10.6. The quantitative estimate of drug-likeness (QED) is 0.735. The number of ether oxygens (including phenoxy) is 1. The van der Waals surface area contributed by atoms with Gasteiger partial charge in [0.1, 0.15) is 0 Å². The molecule has 0 spiro atoms. The molecule has 0 aliphatic heterocycles. The normalized spacial score (nSPS) is 10.3. The Morgan fingerprint density at radius 1 is 1.44 bits per heavy atom. The maximum Gasteiger partial charge on any atom is 0.302 e. The Bertz CT molecular complexity index is 508. The van der Waals surface area contributed by atoms with E-state index in [0.717, 1.165) is 16.6 Å². The fraction of sp³-hybridized carbons (Fsp3) is 0.231. The average molecular weight is 214 g/mol. The van der Waals surface area contributed by atoms with Crippen LogP contribution in [0.3, 0.4) is 0 Å². The van der Waals surface area contributed by atoms with E-state index in [0.29, 0.717) is 13.0 Å². The first-order valence-corrected chi connectivity index (χ1v) is 5.15. The molecule has 0 N–H and O–H groups in total. The molecule has 0 amide bonds. The summed E-state index contributed by atoms with van der Waals surface area (Å²) in [4.78, 5) is 15.0. The van der Waals surface area contributed by atoms with E-state index >= 15 is 0 Å². The number of pyridine rings is 1. The number of esters is 1. The molecule has 1 heterocycles. The Labute approximate surface area is 94.1 Å². The van der Waals surface area contributed by atoms with E-state index < -0.39 is 0 Å². The van der Waals surface area contributed by atoms with Crippen LogP contribution in [-0.2, 0) is 16.0 Å². The third kappa shape index (κ3) is 2.57. The lowest BCUT2D eigenvalue weighted by atomic mass is 10.2. The van der Waals surface area contributed by atoms with Gasteiger partial charge in [-0.15, -0.1) is 0 Å². The van der Waals surface area contributed by atoms with Gasteiger partial charge >= 0.3 is 5.97 Å². The zero-order valence-corrected chi connectivity index (χ0v) is 9.06. The first-order valence-electron chi connectivity index (χ1n) is 5.15. The van der Waals surface area contributed by atoms with Crippen molar-refractivity contribution >= 4 is 16.9 Å². The van der Waals surface area contributed by atoms with Crippen LogP contribution >= 0.6 is 0 Å². The SMILES string of the molecule is CC(=O)OCCc1ccc2cc[c]cc2n1. The Balaban J connectivity index is 2.10. The van der Waals surface area contributed by atoms with Crippen molar-refractivity contribution in [3.05, 3.63) is 42.1 Å². The summed E-state index contributed by atoms with van der Waals surface area (Å²) in [6, 6.07) is 12.6. The molecule has 16 heavy (non-hydrogen) atoms. The molecule has 0 aliphatic carbocycles. The van der Waals surface area contributed by atoms with Crippen LogP contribution in [0, 0.1) is 6.07 Å². The fourth-order valence-corrected chi connectivity index (χ4v) is 1.49. The number of fused-ring (bicyclic) bond motifs is 1. The van der Waals surface area contributed by atoms with Gasteiger partial charge in [-0.1, -0.05) is 18.2 Å². The minimum Gasteiger partial charge on any atom is -0.465 e. The number of rotatable bonds is 3. The van der Waals surface area contributed by atoms with E-state index in [1.807, 2.05) is 30.3 Å². The average Bonchev–Trinajstić information content (AvgIpc) is 2.28. The minimum atomic E-state index is -0.255. The molecule has 0 fully saturated rings. The van der Waals surface area contributed by atoms with Crippen LogP contribution in [0.4, 0.5) is 0 Å². The van der Waals surface area contributed by atoms with E-state index in [-0.39, 0.29) is 5.97 Å². The van der Waals surface area contributed by atoms with Gasteiger partial charge in [0.15, 0.2) is 0 Å². The van der Waals surface area contributed by atoms with E-state index in [2.05, 4.69) is 11.1 Å². The molecule has 0 aliphatic rings. The molecule has 81 valence electrons. The van der Waals surface area contributed by atoms with Crippen molar-refractivity contribution in [2.24, 2.45) is 0 Å². The topological polar surface area (TPSA) is 39.2 Å². The highest BCUT2D eigenvalue weighted by atomic mass is 16.5. The summed E-state index contributed by atoms with van der Waals surface area (Å²) in [5.41, 5.74) is 1.84. The molecule has 0 saturated heterocycles. The highest BCUT2D eigenvalue weighted by molar-refractivity contribution is 5.78. The van der Waals surface area contributed by atoms with Gasteiger partial charge in [0, 0.05) is 24.4 Å². The van der Waals surface area contributed by atoms with Gasteiger partial charge in [-0.25, -0.2) is 0 Å². The van der Waals surface area contributed by atoms with E-state index in [4.69, 9.17) is 4.74 Å². The maximum absolute atomic E-state index is 10.6. The Morgan fingerprint density at radius 2 is 2.31 bits per heavy atom. The van der Waals surface area contributed by atoms with Crippen LogP contribution in [0.1, 0.15) is 12.6 Å². The molecule has 0 saturated carbocycles. The smallest absolute Gasteiger partial charge is 0.302 e. The lowest BCUT2D eigenvalue weighted by Gasteiger charge is -2.03.